The van der Waals surface area contributed by atoms with Crippen LogP contribution in [-0.4, -0.2) is 41.3 Å². The molecule has 0 aliphatic rings. The van der Waals surface area contributed by atoms with Crippen LogP contribution in [0.15, 0.2) is 27.8 Å². The second kappa shape index (κ2) is 12.0. The molecule has 2 atom stereocenters. The van der Waals surface area contributed by atoms with Gasteiger partial charge in [0.2, 0.25) is 5.91 Å². The highest BCUT2D eigenvalue weighted by atomic mass is 32.1. The van der Waals surface area contributed by atoms with Gasteiger partial charge >= 0.3 is 11.7 Å². The summed E-state index contributed by atoms with van der Waals surface area (Å²) in [6.07, 6.45) is -1.000. The third kappa shape index (κ3) is 5.46. The number of fused-ring (bicyclic) bond motifs is 1. The Morgan fingerprint density at radius 3 is 2.61 bits per heavy atom. The van der Waals surface area contributed by atoms with E-state index in [1.54, 1.807) is 6.92 Å². The molecule has 2 N–H and O–H groups in total. The number of halogens is 1. The highest BCUT2D eigenvalue weighted by Crippen LogP contribution is 2.33. The number of esters is 1. The Kier molecular flexibility index (Phi) is 9.03. The lowest BCUT2D eigenvalue weighted by atomic mass is 10.1. The van der Waals surface area contributed by atoms with Gasteiger partial charge in [-0.2, -0.15) is 5.26 Å². The molecule has 1 amide bonds. The van der Waals surface area contributed by atoms with Crippen LogP contribution < -0.4 is 21.7 Å². The first kappa shape index (κ1) is 28.5. The lowest BCUT2D eigenvalue weighted by Gasteiger charge is -2.23. The molecule has 1 aromatic carbocycles. The Labute approximate surface area is 220 Å². The van der Waals surface area contributed by atoms with Gasteiger partial charge in [0.1, 0.15) is 33.4 Å². The third-order valence-electron chi connectivity index (χ3n) is 5.92. The maximum Gasteiger partial charge on any atom is 0.348 e. The highest BCUT2D eigenvalue weighted by molar-refractivity contribution is 7.20. The molecule has 2 aromatic heterocycles. The number of nitrogens with two attached hydrogens (primary N) is 1. The van der Waals surface area contributed by atoms with E-state index in [4.69, 9.17) is 25.2 Å². The molecule has 11 nitrogen and oxygen atoms in total. The van der Waals surface area contributed by atoms with E-state index in [9.17, 15) is 23.6 Å². The summed E-state index contributed by atoms with van der Waals surface area (Å²) in [5.41, 5.74) is 4.29. The summed E-state index contributed by atoms with van der Waals surface area (Å²) >= 11 is 0.880. The Morgan fingerprint density at radius 1 is 1.29 bits per heavy atom. The van der Waals surface area contributed by atoms with Crippen LogP contribution in [0.25, 0.3) is 10.2 Å². The number of amides is 1. The number of carbonyl (C=O) groups excluding carboxylic acids is 2. The number of nitriles is 1. The molecule has 0 saturated heterocycles. The number of aromatic nitrogens is 2. The van der Waals surface area contributed by atoms with Gasteiger partial charge in [0.05, 0.1) is 44.7 Å². The molecule has 0 aliphatic heterocycles. The third-order valence-corrected chi connectivity index (χ3v) is 7.22. The second-order valence-electron chi connectivity index (χ2n) is 8.26. The molecular weight excluding hydrogens is 519 g/mol. The zero-order chi connectivity index (χ0) is 28.1. The summed E-state index contributed by atoms with van der Waals surface area (Å²) < 4.78 is 32.5. The van der Waals surface area contributed by atoms with E-state index < -0.39 is 41.1 Å². The number of rotatable bonds is 11. The van der Waals surface area contributed by atoms with Crippen molar-refractivity contribution in [1.82, 2.24) is 9.13 Å². The topological polar surface area (TPSA) is 156 Å². The summed E-state index contributed by atoms with van der Waals surface area (Å²) in [5, 5.41) is 9.02. The van der Waals surface area contributed by atoms with E-state index in [1.807, 2.05) is 6.07 Å². The number of aryl methyl sites for hydroxylation is 1. The van der Waals surface area contributed by atoms with E-state index >= 15 is 0 Å². The van der Waals surface area contributed by atoms with E-state index in [0.29, 0.717) is 4.57 Å². The lowest BCUT2D eigenvalue weighted by Crippen LogP contribution is -2.45. The minimum absolute atomic E-state index is 0.0156. The van der Waals surface area contributed by atoms with Crippen LogP contribution in [0.4, 0.5) is 4.39 Å². The number of thiophene rings is 1. The highest BCUT2D eigenvalue weighted by Gasteiger charge is 2.29. The van der Waals surface area contributed by atoms with E-state index in [2.05, 4.69) is 0 Å². The monoisotopic (exact) mass is 546 g/mol. The SMILES string of the molecule is CCOC(=O)c1sc2c(c1C)c(=O)n(C(C)C(N)=O)c(=O)n2CC(OCCC#N)c1cc(F)ccc1OC. The van der Waals surface area contributed by atoms with Gasteiger partial charge in [0, 0.05) is 5.56 Å². The van der Waals surface area contributed by atoms with Crippen LogP contribution in [-0.2, 0) is 20.8 Å². The van der Waals surface area contributed by atoms with Gasteiger partial charge in [0.15, 0.2) is 0 Å². The molecule has 0 aliphatic carbocycles. The van der Waals surface area contributed by atoms with Gasteiger partial charge < -0.3 is 19.9 Å². The summed E-state index contributed by atoms with van der Waals surface area (Å²) in [7, 11) is 1.39. The minimum Gasteiger partial charge on any atom is -0.496 e. The summed E-state index contributed by atoms with van der Waals surface area (Å²) in [6, 6.07) is 4.42. The number of nitrogens with zero attached hydrogens (tertiary/aromatic N) is 3. The molecule has 0 fully saturated rings. The van der Waals surface area contributed by atoms with Crippen molar-refractivity contribution in [1.29, 1.82) is 5.26 Å². The lowest BCUT2D eigenvalue weighted by molar-refractivity contribution is -0.120. The van der Waals surface area contributed by atoms with E-state index in [-0.39, 0.29) is 58.1 Å². The molecule has 0 spiro atoms. The average molecular weight is 547 g/mol. The first-order valence-corrected chi connectivity index (χ1v) is 12.5. The molecule has 3 rings (SSSR count). The van der Waals surface area contributed by atoms with Crippen LogP contribution in [0.5, 0.6) is 5.75 Å². The van der Waals surface area contributed by atoms with Gasteiger partial charge in [-0.15, -0.1) is 11.3 Å². The first-order valence-electron chi connectivity index (χ1n) is 11.6. The molecular formula is C25H27FN4O7S. The first-order chi connectivity index (χ1) is 18.1. The van der Waals surface area contributed by atoms with Crippen molar-refractivity contribution in [3.8, 4) is 11.8 Å². The van der Waals surface area contributed by atoms with Crippen LogP contribution in [0.2, 0.25) is 0 Å². The van der Waals surface area contributed by atoms with Crippen molar-refractivity contribution in [2.75, 3.05) is 20.3 Å². The normalized spacial score (nSPS) is 12.6. The number of primary amides is 1. The molecule has 2 heterocycles. The van der Waals surface area contributed by atoms with Crippen molar-refractivity contribution in [2.24, 2.45) is 5.73 Å². The summed E-state index contributed by atoms with van der Waals surface area (Å²) in [4.78, 5) is 52.0. The van der Waals surface area contributed by atoms with Crippen molar-refractivity contribution in [3.63, 3.8) is 0 Å². The van der Waals surface area contributed by atoms with Gasteiger partial charge in [0.25, 0.3) is 5.56 Å². The van der Waals surface area contributed by atoms with Crippen LogP contribution >= 0.6 is 11.3 Å². The second-order valence-corrected chi connectivity index (χ2v) is 9.26. The largest absolute Gasteiger partial charge is 0.496 e. The Balaban J connectivity index is 2.35. The molecule has 0 saturated carbocycles. The summed E-state index contributed by atoms with van der Waals surface area (Å²) in [6.45, 7) is 4.26. The summed E-state index contributed by atoms with van der Waals surface area (Å²) in [5.74, 6) is -1.91. The Morgan fingerprint density at radius 2 is 2.00 bits per heavy atom. The number of ether oxygens (including phenoxy) is 3. The van der Waals surface area contributed by atoms with E-state index in [1.165, 1.54) is 43.7 Å². The predicted octanol–water partition coefficient (Wildman–Crippen LogP) is 2.58. The zero-order valence-corrected chi connectivity index (χ0v) is 22.1. The number of hydrogen-bond acceptors (Lipinski definition) is 9. The number of carbonyl (C=O) groups is 2. The maximum atomic E-state index is 14.3. The zero-order valence-electron chi connectivity index (χ0n) is 21.3. The Bertz CT molecular complexity index is 1540. The molecule has 2 unspecified atom stereocenters. The van der Waals surface area contributed by atoms with Gasteiger partial charge in [-0.05, 0) is 44.5 Å². The van der Waals surface area contributed by atoms with Gasteiger partial charge in [-0.25, -0.2) is 18.5 Å². The van der Waals surface area contributed by atoms with Gasteiger partial charge in [-0.3, -0.25) is 14.2 Å². The predicted molar refractivity (Wildman–Crippen MR) is 137 cm³/mol. The minimum atomic E-state index is -1.31. The van der Waals surface area contributed by atoms with Crippen molar-refractivity contribution in [2.45, 2.75) is 45.9 Å². The van der Waals surface area contributed by atoms with Crippen molar-refractivity contribution >= 4 is 33.4 Å². The molecule has 0 bridgehead atoms. The van der Waals surface area contributed by atoms with Gasteiger partial charge in [-0.1, -0.05) is 0 Å². The number of hydrogen-bond donors (Lipinski definition) is 1. The fourth-order valence-electron chi connectivity index (χ4n) is 4.00. The smallest absolute Gasteiger partial charge is 0.348 e. The molecule has 0 radical (unpaired) electrons. The number of methoxy groups -OCH3 is 1. The molecule has 3 aromatic rings. The quantitative estimate of drug-likeness (QED) is 0.284. The standard InChI is InChI=1S/C25H27FN4O7S/c1-5-36-24(33)20-13(2)19-22(32)30(14(3)21(28)31)25(34)29(23(19)38-20)12-18(37-10-6-9-27)16-11-15(26)7-8-17(16)35-4/h7-8,11,14,18H,5-6,10,12H2,1-4H3,(H2,28,31). The maximum absolute atomic E-state index is 14.3. The average Bonchev–Trinajstić information content (AvgIpc) is 3.22. The Hall–Kier alpha value is -4.02. The molecule has 13 heteroatoms. The van der Waals surface area contributed by atoms with E-state index in [0.717, 1.165) is 11.3 Å². The van der Waals surface area contributed by atoms with Crippen LogP contribution in [0.3, 0.4) is 0 Å². The molecule has 202 valence electrons. The number of benzene rings is 1. The van der Waals surface area contributed by atoms with Crippen LogP contribution in [0, 0.1) is 24.1 Å². The fourth-order valence-corrected chi connectivity index (χ4v) is 5.19. The molecule has 38 heavy (non-hydrogen) atoms. The van der Waals surface area contributed by atoms with Crippen molar-refractivity contribution < 1.29 is 28.2 Å². The van der Waals surface area contributed by atoms with Crippen LogP contribution in [0.1, 0.15) is 53.2 Å². The fraction of sp³-hybridized carbons (Fsp3) is 0.400. The van der Waals surface area contributed by atoms with Crippen molar-refractivity contribution in [3.05, 3.63) is 60.9 Å².